The first-order valence-electron chi connectivity index (χ1n) is 7.58. The number of nitrogens with two attached hydrogens (primary N) is 1. The molecule has 0 aliphatic carbocycles. The van der Waals surface area contributed by atoms with Gasteiger partial charge in [0.15, 0.2) is 0 Å². The largest absolute Gasteiger partial charge is 0.478 e. The van der Waals surface area contributed by atoms with E-state index in [0.29, 0.717) is 24.6 Å². The Kier molecular flexibility index (Phi) is 4.68. The number of carboxylic acid groups (broad SMARTS) is 1. The molecule has 1 heterocycles. The minimum absolute atomic E-state index is 0.305. The molecule has 4 heteroatoms. The Morgan fingerprint density at radius 1 is 1.38 bits per heavy atom. The molecule has 0 spiro atoms. The molecule has 0 saturated carbocycles. The monoisotopic (exact) mass is 288 g/mol. The molecule has 21 heavy (non-hydrogen) atoms. The molecule has 0 unspecified atom stereocenters. The highest BCUT2D eigenvalue weighted by Crippen LogP contribution is 2.30. The third-order valence-corrected chi connectivity index (χ3v) is 3.86. The van der Waals surface area contributed by atoms with Crippen LogP contribution in [0.4, 0.5) is 0 Å². The Balaban J connectivity index is 2.79. The lowest BCUT2D eigenvalue weighted by Gasteiger charge is -2.11. The quantitative estimate of drug-likeness (QED) is 0.856. The average Bonchev–Trinajstić information content (AvgIpc) is 2.77. The van der Waals surface area contributed by atoms with Crippen molar-refractivity contribution in [1.29, 1.82) is 0 Å². The predicted molar refractivity (Wildman–Crippen MR) is 86.0 cm³/mol. The van der Waals surface area contributed by atoms with Gasteiger partial charge in [-0.25, -0.2) is 4.79 Å². The van der Waals surface area contributed by atoms with Crippen LogP contribution in [0.1, 0.15) is 54.6 Å². The lowest BCUT2D eigenvalue weighted by atomic mass is 9.96. The summed E-state index contributed by atoms with van der Waals surface area (Å²) in [6, 6.07) is 3.95. The van der Waals surface area contributed by atoms with E-state index in [1.165, 1.54) is 5.56 Å². The second-order valence-electron chi connectivity index (χ2n) is 5.81. The summed E-state index contributed by atoms with van der Waals surface area (Å²) < 4.78 is 1.99. The number of hydrogen-bond acceptors (Lipinski definition) is 2. The van der Waals surface area contributed by atoms with Crippen molar-refractivity contribution in [3.8, 4) is 0 Å². The van der Waals surface area contributed by atoms with Crippen LogP contribution in [-0.4, -0.2) is 22.2 Å². The van der Waals surface area contributed by atoms with Crippen LogP contribution in [0.25, 0.3) is 10.9 Å². The lowest BCUT2D eigenvalue weighted by molar-refractivity contribution is 0.0698. The topological polar surface area (TPSA) is 68.2 Å². The van der Waals surface area contributed by atoms with Crippen molar-refractivity contribution in [3.63, 3.8) is 0 Å². The van der Waals surface area contributed by atoms with E-state index in [1.807, 2.05) is 4.57 Å². The van der Waals surface area contributed by atoms with E-state index >= 15 is 0 Å². The zero-order valence-electron chi connectivity index (χ0n) is 13.0. The smallest absolute Gasteiger partial charge is 0.337 e. The van der Waals surface area contributed by atoms with Crippen molar-refractivity contribution in [3.05, 3.63) is 35.0 Å². The highest BCUT2D eigenvalue weighted by molar-refractivity contribution is 6.04. The van der Waals surface area contributed by atoms with E-state index in [2.05, 4.69) is 33.0 Å². The number of hydrogen-bond donors (Lipinski definition) is 2. The van der Waals surface area contributed by atoms with Gasteiger partial charge >= 0.3 is 5.97 Å². The van der Waals surface area contributed by atoms with E-state index < -0.39 is 5.97 Å². The Labute approximate surface area is 125 Å². The van der Waals surface area contributed by atoms with Crippen LogP contribution in [0, 0.1) is 0 Å². The van der Waals surface area contributed by atoms with Crippen molar-refractivity contribution < 1.29 is 9.90 Å². The molecule has 2 aromatic rings. The third kappa shape index (κ3) is 2.95. The molecular formula is C17H24N2O2. The van der Waals surface area contributed by atoms with Gasteiger partial charge in [-0.1, -0.05) is 27.2 Å². The van der Waals surface area contributed by atoms with Gasteiger partial charge in [-0.3, -0.25) is 0 Å². The Bertz CT molecular complexity index is 656. The standard InChI is InChI=1S/C17H24N2O2/c1-4-5-12-10-19(7-6-18)16-14(12)8-13(11(2)3)9-15(16)17(20)21/h8-11H,4-7,18H2,1-3H3,(H,20,21). The molecule has 0 saturated heterocycles. The molecule has 2 rings (SSSR count). The Morgan fingerprint density at radius 3 is 2.62 bits per heavy atom. The minimum atomic E-state index is -0.873. The van der Waals surface area contributed by atoms with Crippen LogP contribution < -0.4 is 5.73 Å². The van der Waals surface area contributed by atoms with Crippen LogP contribution in [0.15, 0.2) is 18.3 Å². The maximum Gasteiger partial charge on any atom is 0.337 e. The van der Waals surface area contributed by atoms with Gasteiger partial charge in [0, 0.05) is 24.7 Å². The van der Waals surface area contributed by atoms with Gasteiger partial charge in [0.05, 0.1) is 11.1 Å². The van der Waals surface area contributed by atoms with Crippen molar-refractivity contribution in [2.75, 3.05) is 6.54 Å². The van der Waals surface area contributed by atoms with E-state index in [0.717, 1.165) is 29.3 Å². The summed E-state index contributed by atoms with van der Waals surface area (Å²) in [7, 11) is 0. The van der Waals surface area contributed by atoms with Crippen LogP contribution in [-0.2, 0) is 13.0 Å². The molecule has 0 aliphatic heterocycles. The highest BCUT2D eigenvalue weighted by atomic mass is 16.4. The van der Waals surface area contributed by atoms with E-state index in [1.54, 1.807) is 6.07 Å². The van der Waals surface area contributed by atoms with Crippen LogP contribution in [0.5, 0.6) is 0 Å². The average molecular weight is 288 g/mol. The van der Waals surface area contributed by atoms with E-state index in [4.69, 9.17) is 5.73 Å². The molecule has 0 aliphatic rings. The Morgan fingerprint density at radius 2 is 2.10 bits per heavy atom. The summed E-state index contributed by atoms with van der Waals surface area (Å²) in [5.41, 5.74) is 9.14. The summed E-state index contributed by atoms with van der Waals surface area (Å²) in [6.07, 6.45) is 4.06. The summed E-state index contributed by atoms with van der Waals surface area (Å²) >= 11 is 0. The van der Waals surface area contributed by atoms with Crippen LogP contribution >= 0.6 is 0 Å². The summed E-state index contributed by atoms with van der Waals surface area (Å²) in [4.78, 5) is 11.7. The Hall–Kier alpha value is -1.81. The van der Waals surface area contributed by atoms with Crippen LogP contribution in [0.3, 0.4) is 0 Å². The van der Waals surface area contributed by atoms with Crippen LogP contribution in [0.2, 0.25) is 0 Å². The fraction of sp³-hybridized carbons (Fsp3) is 0.471. The number of benzene rings is 1. The van der Waals surface area contributed by atoms with Gasteiger partial charge in [0.2, 0.25) is 0 Å². The molecule has 3 N–H and O–H groups in total. The molecule has 0 amide bonds. The number of fused-ring (bicyclic) bond motifs is 1. The first kappa shape index (κ1) is 15.6. The minimum Gasteiger partial charge on any atom is -0.478 e. The maximum absolute atomic E-state index is 11.7. The lowest BCUT2D eigenvalue weighted by Crippen LogP contribution is -2.11. The normalized spacial score (nSPS) is 11.5. The van der Waals surface area contributed by atoms with Gasteiger partial charge in [-0.2, -0.15) is 0 Å². The number of aromatic nitrogens is 1. The summed E-state index contributed by atoms with van der Waals surface area (Å²) in [6.45, 7) is 7.45. The van der Waals surface area contributed by atoms with Gasteiger partial charge in [-0.05, 0) is 35.6 Å². The predicted octanol–water partition coefficient (Wildman–Crippen LogP) is 3.37. The molecule has 1 aromatic carbocycles. The van der Waals surface area contributed by atoms with Gasteiger partial charge in [-0.15, -0.1) is 0 Å². The number of rotatable bonds is 6. The molecule has 4 nitrogen and oxygen atoms in total. The van der Waals surface area contributed by atoms with E-state index in [9.17, 15) is 9.90 Å². The second kappa shape index (κ2) is 6.31. The fourth-order valence-electron chi connectivity index (χ4n) is 2.81. The van der Waals surface area contributed by atoms with Gasteiger partial charge in [0.25, 0.3) is 0 Å². The van der Waals surface area contributed by atoms with Gasteiger partial charge < -0.3 is 15.4 Å². The van der Waals surface area contributed by atoms with Crippen molar-refractivity contribution in [2.45, 2.75) is 46.1 Å². The highest BCUT2D eigenvalue weighted by Gasteiger charge is 2.18. The molecule has 0 radical (unpaired) electrons. The first-order chi connectivity index (χ1) is 9.99. The maximum atomic E-state index is 11.7. The zero-order chi connectivity index (χ0) is 15.6. The summed E-state index contributed by atoms with van der Waals surface area (Å²) in [5.74, 6) is -0.568. The van der Waals surface area contributed by atoms with Crippen molar-refractivity contribution >= 4 is 16.9 Å². The molecule has 0 bridgehead atoms. The number of carbonyl (C=O) groups is 1. The number of aryl methyl sites for hydroxylation is 1. The zero-order valence-corrected chi connectivity index (χ0v) is 13.0. The molecular weight excluding hydrogens is 264 g/mol. The first-order valence-corrected chi connectivity index (χ1v) is 7.58. The van der Waals surface area contributed by atoms with Gasteiger partial charge in [0.1, 0.15) is 0 Å². The molecule has 114 valence electrons. The number of nitrogens with zero attached hydrogens (tertiary/aromatic N) is 1. The number of carboxylic acids is 1. The SMILES string of the molecule is CCCc1cn(CCN)c2c(C(=O)O)cc(C(C)C)cc12. The summed E-state index contributed by atoms with van der Waals surface area (Å²) in [5, 5.41) is 10.6. The molecule has 0 atom stereocenters. The third-order valence-electron chi connectivity index (χ3n) is 3.86. The molecule has 0 fully saturated rings. The second-order valence-corrected chi connectivity index (χ2v) is 5.81. The van der Waals surface area contributed by atoms with Crippen molar-refractivity contribution in [2.24, 2.45) is 5.73 Å². The molecule has 1 aromatic heterocycles. The number of aromatic carboxylic acids is 1. The van der Waals surface area contributed by atoms with Crippen molar-refractivity contribution in [1.82, 2.24) is 4.57 Å². The fourth-order valence-corrected chi connectivity index (χ4v) is 2.81. The van der Waals surface area contributed by atoms with E-state index in [-0.39, 0.29) is 0 Å².